The lowest BCUT2D eigenvalue weighted by Gasteiger charge is -2.25. The molecule has 0 fully saturated rings. The molecule has 29 heavy (non-hydrogen) atoms. The Kier molecular flexibility index (Phi) is 6.03. The highest BCUT2D eigenvalue weighted by atomic mass is 35.5. The first-order valence-electron chi connectivity index (χ1n) is 9.17. The van der Waals surface area contributed by atoms with Crippen LogP contribution in [0.25, 0.3) is 0 Å². The van der Waals surface area contributed by atoms with Gasteiger partial charge in [0.15, 0.2) is 5.60 Å². The fraction of sp³-hybridized carbons (Fsp3) is 0.227. The first kappa shape index (κ1) is 20.6. The fourth-order valence-electron chi connectivity index (χ4n) is 2.67. The number of hydrogen-bond acceptors (Lipinski definition) is 5. The van der Waals surface area contributed by atoms with Gasteiger partial charge in [0.2, 0.25) is 5.95 Å². The van der Waals surface area contributed by atoms with Crippen LogP contribution in [0.5, 0.6) is 5.75 Å². The summed E-state index contributed by atoms with van der Waals surface area (Å²) >= 11 is 5.88. The molecule has 3 rings (SSSR count). The molecule has 3 aromatic rings. The number of carbonyl (C=O) groups excluding carboxylic acids is 1. The van der Waals surface area contributed by atoms with E-state index in [-0.39, 0.29) is 5.91 Å². The molecule has 150 valence electrons. The van der Waals surface area contributed by atoms with Crippen molar-refractivity contribution < 1.29 is 9.53 Å². The lowest BCUT2D eigenvalue weighted by Crippen LogP contribution is -2.42. The summed E-state index contributed by atoms with van der Waals surface area (Å²) < 4.78 is 5.82. The quantitative estimate of drug-likeness (QED) is 0.577. The van der Waals surface area contributed by atoms with Gasteiger partial charge in [0, 0.05) is 27.8 Å². The van der Waals surface area contributed by atoms with Crippen molar-refractivity contribution in [1.82, 2.24) is 9.97 Å². The number of rotatable bonds is 6. The molecule has 0 aliphatic carbocycles. The summed E-state index contributed by atoms with van der Waals surface area (Å²) in [6.45, 7) is 7.27. The van der Waals surface area contributed by atoms with Gasteiger partial charge in [-0.2, -0.15) is 0 Å². The number of benzene rings is 2. The maximum Gasteiger partial charge on any atom is 0.267 e. The Bertz CT molecular complexity index is 982. The molecular weight excluding hydrogens is 388 g/mol. The van der Waals surface area contributed by atoms with Gasteiger partial charge in [0.05, 0.1) is 0 Å². The van der Waals surface area contributed by atoms with E-state index in [4.69, 9.17) is 16.3 Å². The van der Waals surface area contributed by atoms with Crippen LogP contribution in [0.3, 0.4) is 0 Å². The van der Waals surface area contributed by atoms with Crippen LogP contribution in [0.1, 0.15) is 25.2 Å². The van der Waals surface area contributed by atoms with Gasteiger partial charge >= 0.3 is 0 Å². The Morgan fingerprint density at radius 2 is 1.48 bits per heavy atom. The molecule has 0 spiro atoms. The zero-order valence-electron chi connectivity index (χ0n) is 16.8. The average molecular weight is 411 g/mol. The van der Waals surface area contributed by atoms with Gasteiger partial charge in [-0.15, -0.1) is 0 Å². The first-order chi connectivity index (χ1) is 13.7. The van der Waals surface area contributed by atoms with Crippen LogP contribution in [0.4, 0.5) is 17.3 Å². The molecule has 1 aromatic heterocycles. The molecule has 0 aliphatic heterocycles. The Balaban J connectivity index is 1.63. The van der Waals surface area contributed by atoms with Gasteiger partial charge < -0.3 is 15.4 Å². The summed E-state index contributed by atoms with van der Waals surface area (Å²) in [5.74, 6) is 0.852. The van der Waals surface area contributed by atoms with Gasteiger partial charge in [-0.3, -0.25) is 4.79 Å². The number of nitrogens with one attached hydrogen (secondary N) is 2. The summed E-state index contributed by atoms with van der Waals surface area (Å²) in [4.78, 5) is 21.4. The van der Waals surface area contributed by atoms with Crippen LogP contribution in [-0.4, -0.2) is 21.5 Å². The normalized spacial score (nSPS) is 11.1. The molecule has 2 N–H and O–H groups in total. The number of aryl methyl sites for hydroxylation is 2. The van der Waals surface area contributed by atoms with E-state index in [9.17, 15) is 4.79 Å². The molecule has 0 saturated heterocycles. The predicted molar refractivity (Wildman–Crippen MR) is 116 cm³/mol. The summed E-state index contributed by atoms with van der Waals surface area (Å²) in [7, 11) is 0. The molecule has 0 aliphatic rings. The summed E-state index contributed by atoms with van der Waals surface area (Å²) in [5, 5.41) is 6.65. The zero-order chi connectivity index (χ0) is 21.0. The molecule has 1 heterocycles. The minimum atomic E-state index is -1.06. The van der Waals surface area contributed by atoms with Crippen LogP contribution >= 0.6 is 11.6 Å². The molecule has 0 radical (unpaired) electrons. The smallest absolute Gasteiger partial charge is 0.267 e. The van der Waals surface area contributed by atoms with Gasteiger partial charge in [-0.05, 0) is 82.3 Å². The van der Waals surface area contributed by atoms with Crippen LogP contribution in [0, 0.1) is 13.8 Å². The number of hydrogen-bond donors (Lipinski definition) is 2. The van der Waals surface area contributed by atoms with Gasteiger partial charge in [0.1, 0.15) is 5.75 Å². The standard InChI is InChI=1S/C22H23ClN4O2/c1-14-13-15(2)25-21(24-14)27-18-9-7-17(8-10-18)26-20(28)22(3,4)29-19-11-5-16(23)6-12-19/h5-13H,1-4H3,(H,26,28)(H,24,25,27). The highest BCUT2D eigenvalue weighted by Gasteiger charge is 2.30. The highest BCUT2D eigenvalue weighted by molar-refractivity contribution is 6.30. The van der Waals surface area contributed by atoms with Crippen LogP contribution in [0.2, 0.25) is 5.02 Å². The second-order valence-electron chi connectivity index (χ2n) is 7.20. The van der Waals surface area contributed by atoms with E-state index in [0.29, 0.717) is 22.4 Å². The van der Waals surface area contributed by atoms with E-state index in [0.717, 1.165) is 17.1 Å². The zero-order valence-corrected chi connectivity index (χ0v) is 17.5. The van der Waals surface area contributed by atoms with E-state index >= 15 is 0 Å². The third-order valence-corrected chi connectivity index (χ3v) is 4.37. The van der Waals surface area contributed by atoms with Crippen molar-refractivity contribution in [3.8, 4) is 5.75 Å². The van der Waals surface area contributed by atoms with E-state index in [2.05, 4.69) is 20.6 Å². The van der Waals surface area contributed by atoms with E-state index in [1.807, 2.05) is 32.0 Å². The third-order valence-electron chi connectivity index (χ3n) is 4.11. The highest BCUT2D eigenvalue weighted by Crippen LogP contribution is 2.23. The van der Waals surface area contributed by atoms with Crippen LogP contribution in [-0.2, 0) is 4.79 Å². The summed E-state index contributed by atoms with van der Waals surface area (Å²) in [5.41, 5.74) is 2.22. The number of nitrogens with zero attached hydrogens (tertiary/aromatic N) is 2. The van der Waals surface area contributed by atoms with Gasteiger partial charge in [-0.1, -0.05) is 11.6 Å². The van der Waals surface area contributed by atoms with Crippen molar-refractivity contribution in [3.63, 3.8) is 0 Å². The molecule has 7 heteroatoms. The summed E-state index contributed by atoms with van der Waals surface area (Å²) in [6.07, 6.45) is 0. The summed E-state index contributed by atoms with van der Waals surface area (Å²) in [6, 6.07) is 16.1. The number of halogens is 1. The monoisotopic (exact) mass is 410 g/mol. The molecule has 0 bridgehead atoms. The van der Waals surface area contributed by atoms with Gasteiger partial charge in [-0.25, -0.2) is 9.97 Å². The molecular formula is C22H23ClN4O2. The Morgan fingerprint density at radius 1 is 0.931 bits per heavy atom. The third kappa shape index (κ3) is 5.68. The first-order valence-corrected chi connectivity index (χ1v) is 9.54. The number of aromatic nitrogens is 2. The maximum atomic E-state index is 12.7. The second-order valence-corrected chi connectivity index (χ2v) is 7.63. The van der Waals surface area contributed by atoms with Crippen molar-refractivity contribution >= 4 is 34.8 Å². The van der Waals surface area contributed by atoms with Crippen molar-refractivity contribution in [1.29, 1.82) is 0 Å². The number of anilines is 3. The van der Waals surface area contributed by atoms with E-state index in [1.54, 1.807) is 50.2 Å². The van der Waals surface area contributed by atoms with Crippen molar-refractivity contribution in [3.05, 3.63) is 71.0 Å². The van der Waals surface area contributed by atoms with Crippen LogP contribution < -0.4 is 15.4 Å². The number of ether oxygens (including phenoxy) is 1. The van der Waals surface area contributed by atoms with E-state index in [1.165, 1.54) is 0 Å². The predicted octanol–water partition coefficient (Wildman–Crippen LogP) is 5.29. The molecule has 2 aromatic carbocycles. The second kappa shape index (κ2) is 8.49. The topological polar surface area (TPSA) is 76.1 Å². The molecule has 6 nitrogen and oxygen atoms in total. The van der Waals surface area contributed by atoms with Crippen molar-refractivity contribution in [2.75, 3.05) is 10.6 Å². The Morgan fingerprint density at radius 3 is 2.07 bits per heavy atom. The Hall–Kier alpha value is -3.12. The lowest BCUT2D eigenvalue weighted by molar-refractivity contribution is -0.128. The fourth-order valence-corrected chi connectivity index (χ4v) is 2.80. The maximum absolute atomic E-state index is 12.7. The lowest BCUT2D eigenvalue weighted by atomic mass is 10.1. The van der Waals surface area contributed by atoms with Gasteiger partial charge in [0.25, 0.3) is 5.91 Å². The molecule has 0 atom stereocenters. The number of amides is 1. The minimum Gasteiger partial charge on any atom is -0.478 e. The van der Waals surface area contributed by atoms with E-state index < -0.39 is 5.60 Å². The largest absolute Gasteiger partial charge is 0.478 e. The SMILES string of the molecule is Cc1cc(C)nc(Nc2ccc(NC(=O)C(C)(C)Oc3ccc(Cl)cc3)cc2)n1. The Labute approximate surface area is 175 Å². The minimum absolute atomic E-state index is 0.259. The molecule has 0 unspecified atom stereocenters. The molecule has 0 saturated carbocycles. The number of carbonyl (C=O) groups is 1. The average Bonchev–Trinajstić information content (AvgIpc) is 2.64. The van der Waals surface area contributed by atoms with Crippen LogP contribution in [0.15, 0.2) is 54.6 Å². The molecule has 1 amide bonds. The van der Waals surface area contributed by atoms with Crippen molar-refractivity contribution in [2.45, 2.75) is 33.3 Å². The van der Waals surface area contributed by atoms with Crippen molar-refractivity contribution in [2.24, 2.45) is 0 Å².